The van der Waals surface area contributed by atoms with E-state index in [2.05, 4.69) is 47.0 Å². The van der Waals surface area contributed by atoms with Crippen LogP contribution < -0.4 is 0 Å². The van der Waals surface area contributed by atoms with Crippen molar-refractivity contribution in [2.75, 3.05) is 0 Å². The van der Waals surface area contributed by atoms with Gasteiger partial charge < -0.3 is 4.42 Å². The predicted molar refractivity (Wildman–Crippen MR) is 104 cm³/mol. The van der Waals surface area contributed by atoms with Gasteiger partial charge in [-0.25, -0.2) is 9.97 Å². The van der Waals surface area contributed by atoms with Gasteiger partial charge in [-0.05, 0) is 36.6 Å². The van der Waals surface area contributed by atoms with Crippen molar-refractivity contribution in [1.29, 1.82) is 5.26 Å². The third-order valence-corrected chi connectivity index (χ3v) is 4.36. The van der Waals surface area contributed by atoms with Crippen LogP contribution in [-0.2, 0) is 6.42 Å². The molecule has 4 aromatic heterocycles. The molecular weight excluding hydrogens is 352 g/mol. The van der Waals surface area contributed by atoms with Gasteiger partial charge in [-0.3, -0.25) is 4.40 Å². The second-order valence-corrected chi connectivity index (χ2v) is 7.95. The maximum Gasteiger partial charge on any atom is 0.195 e. The molecule has 7 nitrogen and oxygen atoms in total. The Balaban J connectivity index is 1.83. The van der Waals surface area contributed by atoms with E-state index in [9.17, 15) is 5.26 Å². The lowest BCUT2D eigenvalue weighted by Gasteiger charge is -2.14. The molecule has 0 amide bonds. The van der Waals surface area contributed by atoms with Crippen molar-refractivity contribution in [2.45, 2.75) is 34.1 Å². The third kappa shape index (κ3) is 3.37. The molecule has 0 spiro atoms. The third-order valence-electron chi connectivity index (χ3n) is 4.36. The minimum Gasteiger partial charge on any atom is -0.441 e. The van der Waals surface area contributed by atoms with Crippen molar-refractivity contribution >= 4 is 5.65 Å². The van der Waals surface area contributed by atoms with Gasteiger partial charge in [-0.2, -0.15) is 5.26 Å². The largest absolute Gasteiger partial charge is 0.441 e. The number of fused-ring (bicyclic) bond motifs is 1. The summed E-state index contributed by atoms with van der Waals surface area (Å²) in [6, 6.07) is 9.47. The zero-order valence-electron chi connectivity index (χ0n) is 16.3. The highest BCUT2D eigenvalue weighted by molar-refractivity contribution is 5.79. The first-order valence-electron chi connectivity index (χ1n) is 9.02. The Bertz CT molecular complexity index is 1210. The van der Waals surface area contributed by atoms with Crippen LogP contribution in [0.25, 0.3) is 28.2 Å². The van der Waals surface area contributed by atoms with Gasteiger partial charge in [0.05, 0.1) is 11.9 Å². The van der Waals surface area contributed by atoms with Gasteiger partial charge in [0.1, 0.15) is 17.6 Å². The standard InChI is InChI=1S/C21H20N6O/c1-13-25-26-18-9-14(7-8-27(13)18)20-16(6-5-15(11-22)24-20)17-12-23-19(28-17)10-21(2,3)4/h5-9,12H,10H2,1-4H3. The first-order valence-corrected chi connectivity index (χ1v) is 9.02. The van der Waals surface area contributed by atoms with Crippen molar-refractivity contribution in [1.82, 2.24) is 24.6 Å². The summed E-state index contributed by atoms with van der Waals surface area (Å²) >= 11 is 0. The summed E-state index contributed by atoms with van der Waals surface area (Å²) in [6.07, 6.45) is 4.35. The lowest BCUT2D eigenvalue weighted by molar-refractivity contribution is 0.357. The number of oxazole rings is 1. The van der Waals surface area contributed by atoms with E-state index in [1.165, 1.54) is 0 Å². The van der Waals surface area contributed by atoms with Crippen LogP contribution in [-0.4, -0.2) is 24.6 Å². The molecule has 4 heterocycles. The second-order valence-electron chi connectivity index (χ2n) is 7.95. The molecule has 0 atom stereocenters. The van der Waals surface area contributed by atoms with E-state index in [1.54, 1.807) is 12.3 Å². The first kappa shape index (κ1) is 17.9. The number of rotatable bonds is 3. The van der Waals surface area contributed by atoms with Gasteiger partial charge in [0.15, 0.2) is 17.3 Å². The van der Waals surface area contributed by atoms with E-state index < -0.39 is 0 Å². The highest BCUT2D eigenvalue weighted by Crippen LogP contribution is 2.33. The minimum atomic E-state index is 0.0738. The Kier molecular flexibility index (Phi) is 4.19. The van der Waals surface area contributed by atoms with Crippen molar-refractivity contribution < 1.29 is 4.42 Å². The molecule has 0 aromatic carbocycles. The topological polar surface area (TPSA) is 92.9 Å². The normalized spacial score (nSPS) is 11.7. The van der Waals surface area contributed by atoms with E-state index >= 15 is 0 Å². The molecule has 0 bridgehead atoms. The summed E-state index contributed by atoms with van der Waals surface area (Å²) in [4.78, 5) is 8.95. The molecule has 0 aliphatic carbocycles. The number of hydrogen-bond acceptors (Lipinski definition) is 6. The van der Waals surface area contributed by atoms with Crippen LogP contribution in [0.5, 0.6) is 0 Å². The number of hydrogen-bond donors (Lipinski definition) is 0. The van der Waals surface area contributed by atoms with E-state index in [4.69, 9.17) is 4.42 Å². The molecular formula is C21H20N6O. The molecule has 140 valence electrons. The molecule has 4 rings (SSSR count). The summed E-state index contributed by atoms with van der Waals surface area (Å²) in [5.74, 6) is 2.12. The van der Waals surface area contributed by atoms with Crippen LogP contribution in [0.15, 0.2) is 41.1 Å². The maximum atomic E-state index is 9.30. The molecule has 0 saturated heterocycles. The van der Waals surface area contributed by atoms with Crippen LogP contribution in [0, 0.1) is 23.7 Å². The Morgan fingerprint density at radius 2 is 2.00 bits per heavy atom. The van der Waals surface area contributed by atoms with Crippen LogP contribution in [0.3, 0.4) is 0 Å². The molecule has 4 aromatic rings. The van der Waals surface area contributed by atoms with E-state index in [-0.39, 0.29) is 5.41 Å². The van der Waals surface area contributed by atoms with Gasteiger partial charge in [0.25, 0.3) is 0 Å². The van der Waals surface area contributed by atoms with Crippen molar-refractivity contribution in [2.24, 2.45) is 5.41 Å². The molecule has 0 aliphatic heterocycles. The molecule has 0 N–H and O–H groups in total. The summed E-state index contributed by atoms with van der Waals surface area (Å²) in [5, 5.41) is 17.6. The lowest BCUT2D eigenvalue weighted by Crippen LogP contribution is -2.09. The quantitative estimate of drug-likeness (QED) is 0.535. The Morgan fingerprint density at radius 3 is 2.75 bits per heavy atom. The SMILES string of the molecule is Cc1nnc2cc(-c3nc(C#N)ccc3-c3cnc(CC(C)(C)C)o3)ccn12. The second kappa shape index (κ2) is 6.57. The molecule has 28 heavy (non-hydrogen) atoms. The minimum absolute atomic E-state index is 0.0738. The highest BCUT2D eigenvalue weighted by Gasteiger charge is 2.19. The van der Waals surface area contributed by atoms with Gasteiger partial charge >= 0.3 is 0 Å². The Hall–Kier alpha value is -3.53. The average molecular weight is 372 g/mol. The molecule has 0 saturated carbocycles. The predicted octanol–water partition coefficient (Wildman–Crippen LogP) is 4.22. The van der Waals surface area contributed by atoms with E-state index in [0.29, 0.717) is 23.0 Å². The van der Waals surface area contributed by atoms with Crippen molar-refractivity contribution in [3.05, 3.63) is 54.1 Å². The van der Waals surface area contributed by atoms with Gasteiger partial charge in [-0.15, -0.1) is 10.2 Å². The van der Waals surface area contributed by atoms with Crippen molar-refractivity contribution in [3.8, 4) is 28.7 Å². The summed E-state index contributed by atoms with van der Waals surface area (Å²) in [6.45, 7) is 8.31. The van der Waals surface area contributed by atoms with E-state index in [0.717, 1.165) is 29.0 Å². The fourth-order valence-electron chi connectivity index (χ4n) is 3.07. The zero-order valence-corrected chi connectivity index (χ0v) is 16.3. The van der Waals surface area contributed by atoms with E-state index in [1.807, 2.05) is 35.7 Å². The van der Waals surface area contributed by atoms with Gasteiger partial charge in [-0.1, -0.05) is 20.8 Å². The monoisotopic (exact) mass is 372 g/mol. The fraction of sp³-hybridized carbons (Fsp3) is 0.286. The summed E-state index contributed by atoms with van der Waals surface area (Å²) < 4.78 is 7.90. The number of nitrogens with zero attached hydrogens (tertiary/aromatic N) is 6. The number of aryl methyl sites for hydroxylation is 1. The van der Waals surface area contributed by atoms with Gasteiger partial charge in [0.2, 0.25) is 0 Å². The van der Waals surface area contributed by atoms with Crippen LogP contribution >= 0.6 is 0 Å². The molecule has 0 unspecified atom stereocenters. The van der Waals surface area contributed by atoms with Gasteiger partial charge in [0, 0.05) is 23.7 Å². The fourth-order valence-corrected chi connectivity index (χ4v) is 3.07. The number of nitriles is 1. The maximum absolute atomic E-state index is 9.30. The average Bonchev–Trinajstić information content (AvgIpc) is 3.26. The molecule has 0 fully saturated rings. The summed E-state index contributed by atoms with van der Waals surface area (Å²) in [5.41, 5.74) is 3.40. The number of aromatic nitrogens is 5. The van der Waals surface area contributed by atoms with Crippen LogP contribution in [0.4, 0.5) is 0 Å². The Morgan fingerprint density at radius 1 is 1.18 bits per heavy atom. The Labute approximate surface area is 162 Å². The molecule has 0 aliphatic rings. The number of pyridine rings is 2. The lowest BCUT2D eigenvalue weighted by atomic mass is 9.92. The van der Waals surface area contributed by atoms with Crippen LogP contribution in [0.2, 0.25) is 0 Å². The highest BCUT2D eigenvalue weighted by atomic mass is 16.4. The smallest absolute Gasteiger partial charge is 0.195 e. The zero-order chi connectivity index (χ0) is 19.9. The van der Waals surface area contributed by atoms with Crippen LogP contribution in [0.1, 0.15) is 38.2 Å². The molecule has 0 radical (unpaired) electrons. The summed E-state index contributed by atoms with van der Waals surface area (Å²) in [7, 11) is 0. The molecule has 7 heteroatoms. The first-order chi connectivity index (χ1) is 13.3. The van der Waals surface area contributed by atoms with Crippen molar-refractivity contribution in [3.63, 3.8) is 0 Å².